The van der Waals surface area contributed by atoms with E-state index in [0.29, 0.717) is 12.1 Å². The Bertz CT molecular complexity index is 1020. The van der Waals surface area contributed by atoms with E-state index in [1.807, 2.05) is 0 Å². The number of hydrogen-bond donors (Lipinski definition) is 4. The summed E-state index contributed by atoms with van der Waals surface area (Å²) in [6, 6.07) is -2.69. The van der Waals surface area contributed by atoms with E-state index in [9.17, 15) is 37.5 Å². The smallest absolute Gasteiger partial charge is 0.326 e. The number of esters is 1. The first-order valence-corrected chi connectivity index (χ1v) is 11.2. The van der Waals surface area contributed by atoms with Gasteiger partial charge < -0.3 is 25.8 Å². The lowest BCUT2D eigenvalue weighted by Gasteiger charge is -2.30. The van der Waals surface area contributed by atoms with E-state index in [-0.39, 0.29) is 31.4 Å². The Hall–Kier alpha value is -3.19. The number of carbonyl (C=O) groups is 4. The predicted octanol–water partition coefficient (Wildman–Crippen LogP) is 0.464. The molecule has 1 aliphatic heterocycles. The van der Waals surface area contributed by atoms with E-state index in [4.69, 9.17) is 10.5 Å². The van der Waals surface area contributed by atoms with E-state index in [0.717, 1.165) is 4.90 Å². The van der Waals surface area contributed by atoms with Crippen LogP contribution in [0, 0.1) is 17.5 Å². The van der Waals surface area contributed by atoms with Crippen LogP contribution in [-0.2, 0) is 30.3 Å². The van der Waals surface area contributed by atoms with Crippen LogP contribution >= 0.6 is 0 Å². The Morgan fingerprint density at radius 1 is 1.19 bits per heavy atom. The fraction of sp³-hybridized carbons (Fsp3) is 0.565. The molecule has 4 atom stereocenters. The molecule has 1 aromatic carbocycles. The molecule has 1 aliphatic rings. The lowest BCUT2D eigenvalue weighted by atomic mass is 10.0. The quantitative estimate of drug-likeness (QED) is 0.259. The number of nitrogens with zero attached hydrogens (tertiary/aromatic N) is 1. The number of ether oxygens (including phenoxy) is 1. The van der Waals surface area contributed by atoms with Crippen molar-refractivity contribution in [3.63, 3.8) is 0 Å². The lowest BCUT2D eigenvalue weighted by Crippen LogP contribution is -2.57. The van der Waals surface area contributed by atoms with Crippen LogP contribution in [-0.4, -0.2) is 77.1 Å². The van der Waals surface area contributed by atoms with Gasteiger partial charge in [0, 0.05) is 37.5 Å². The fourth-order valence-corrected chi connectivity index (χ4v) is 4.18. The molecule has 13 heteroatoms. The molecule has 2 rings (SSSR count). The number of carbonyl (C=O) groups excluding carboxylic acids is 3. The van der Waals surface area contributed by atoms with Gasteiger partial charge in [0.15, 0.2) is 11.6 Å². The molecule has 0 unspecified atom stereocenters. The van der Waals surface area contributed by atoms with Crippen molar-refractivity contribution in [1.29, 1.82) is 0 Å². The van der Waals surface area contributed by atoms with Gasteiger partial charge in [-0.05, 0) is 38.8 Å². The van der Waals surface area contributed by atoms with Gasteiger partial charge >= 0.3 is 11.9 Å². The topological polar surface area (TPSA) is 151 Å². The molecule has 0 spiro atoms. The standard InChI is InChI=1S/C23H31F3N4O6/c1-11(29-23(2,3)22(35)36-4)20(32)30-10-14(8-18(30)21(33)34)28-19(31)7-13(27)5-12-6-16(25)17(26)9-15(12)24/h6,9,11,13-14,18,29H,5,7-8,10,27H2,1-4H3,(H,28,31)(H,33,34)/t11-,13+,14-,18-/m0/s1. The molecule has 1 heterocycles. The van der Waals surface area contributed by atoms with E-state index >= 15 is 0 Å². The average Bonchev–Trinajstić information content (AvgIpc) is 3.19. The number of amides is 2. The molecule has 0 aromatic heterocycles. The average molecular weight is 517 g/mol. The summed E-state index contributed by atoms with van der Waals surface area (Å²) in [6.07, 6.45) is -0.596. The van der Waals surface area contributed by atoms with Gasteiger partial charge in [-0.1, -0.05) is 0 Å². The number of methoxy groups -OCH3 is 1. The van der Waals surface area contributed by atoms with Crippen molar-refractivity contribution in [3.8, 4) is 0 Å². The molecule has 1 aromatic rings. The molecule has 5 N–H and O–H groups in total. The van der Waals surface area contributed by atoms with Crippen molar-refractivity contribution in [2.24, 2.45) is 5.73 Å². The monoisotopic (exact) mass is 516 g/mol. The summed E-state index contributed by atoms with van der Waals surface area (Å²) in [4.78, 5) is 50.2. The van der Waals surface area contributed by atoms with Gasteiger partial charge in [0.1, 0.15) is 17.4 Å². The molecule has 0 saturated carbocycles. The molecule has 1 fully saturated rings. The van der Waals surface area contributed by atoms with Crippen LogP contribution in [0.3, 0.4) is 0 Å². The Labute approximate surface area is 206 Å². The zero-order chi connectivity index (χ0) is 27.4. The zero-order valence-corrected chi connectivity index (χ0v) is 20.4. The van der Waals surface area contributed by atoms with Crippen LogP contribution in [0.5, 0.6) is 0 Å². The van der Waals surface area contributed by atoms with Crippen LogP contribution in [0.2, 0.25) is 0 Å². The number of nitrogens with one attached hydrogen (secondary N) is 2. The zero-order valence-electron chi connectivity index (χ0n) is 20.4. The lowest BCUT2D eigenvalue weighted by molar-refractivity contribution is -0.151. The number of halogens is 3. The van der Waals surface area contributed by atoms with E-state index in [2.05, 4.69) is 10.6 Å². The summed E-state index contributed by atoms with van der Waals surface area (Å²) in [7, 11) is 1.20. The van der Waals surface area contributed by atoms with E-state index in [1.165, 1.54) is 27.9 Å². The number of hydrogen-bond acceptors (Lipinski definition) is 7. The van der Waals surface area contributed by atoms with Gasteiger partial charge in [0.05, 0.1) is 13.2 Å². The van der Waals surface area contributed by atoms with Crippen molar-refractivity contribution in [1.82, 2.24) is 15.5 Å². The van der Waals surface area contributed by atoms with E-state index in [1.54, 1.807) is 0 Å². The SMILES string of the molecule is COC(=O)C(C)(C)N[C@@H](C)C(=O)N1C[C@@H](NC(=O)C[C@H](N)Cc2cc(F)c(F)cc2F)C[C@H]1C(=O)O. The summed E-state index contributed by atoms with van der Waals surface area (Å²) in [5.74, 6) is -6.59. The van der Waals surface area contributed by atoms with Crippen molar-refractivity contribution >= 4 is 23.8 Å². The number of rotatable bonds is 10. The number of carboxylic acids is 1. The van der Waals surface area contributed by atoms with Crippen LogP contribution in [0.25, 0.3) is 0 Å². The minimum atomic E-state index is -1.34. The Morgan fingerprint density at radius 2 is 1.81 bits per heavy atom. The number of aliphatic carboxylic acids is 1. The van der Waals surface area contributed by atoms with Gasteiger partial charge in [0.2, 0.25) is 11.8 Å². The van der Waals surface area contributed by atoms with E-state index < -0.39 is 70.9 Å². The second-order valence-electron chi connectivity index (χ2n) is 9.35. The Balaban J connectivity index is 1.99. The summed E-state index contributed by atoms with van der Waals surface area (Å²) >= 11 is 0. The molecule has 10 nitrogen and oxygen atoms in total. The highest BCUT2D eigenvalue weighted by atomic mass is 19.2. The largest absolute Gasteiger partial charge is 0.480 e. The number of likely N-dealkylation sites (tertiary alicyclic amines) is 1. The molecule has 2 amide bonds. The Morgan fingerprint density at radius 3 is 2.39 bits per heavy atom. The second-order valence-corrected chi connectivity index (χ2v) is 9.35. The van der Waals surface area contributed by atoms with Gasteiger partial charge in [-0.3, -0.25) is 19.7 Å². The van der Waals surface area contributed by atoms with Gasteiger partial charge in [0.25, 0.3) is 0 Å². The van der Waals surface area contributed by atoms with Crippen molar-refractivity contribution in [2.75, 3.05) is 13.7 Å². The van der Waals surface area contributed by atoms with Crippen molar-refractivity contribution in [2.45, 2.75) is 69.7 Å². The predicted molar refractivity (Wildman–Crippen MR) is 121 cm³/mol. The maximum Gasteiger partial charge on any atom is 0.326 e. The number of benzene rings is 1. The van der Waals surface area contributed by atoms with Crippen molar-refractivity contribution in [3.05, 3.63) is 35.1 Å². The maximum absolute atomic E-state index is 13.8. The van der Waals surface area contributed by atoms with Crippen LogP contribution in [0.4, 0.5) is 13.2 Å². The summed E-state index contributed by atoms with van der Waals surface area (Å²) in [6.45, 7) is 4.41. The molecule has 36 heavy (non-hydrogen) atoms. The third-order valence-corrected chi connectivity index (χ3v) is 5.90. The summed E-state index contributed by atoms with van der Waals surface area (Å²) in [5.41, 5.74) is 4.48. The minimum Gasteiger partial charge on any atom is -0.480 e. The second kappa shape index (κ2) is 11.7. The van der Waals surface area contributed by atoms with Gasteiger partial charge in [-0.2, -0.15) is 0 Å². The van der Waals surface area contributed by atoms with Gasteiger partial charge in [-0.15, -0.1) is 0 Å². The molecule has 1 saturated heterocycles. The summed E-state index contributed by atoms with van der Waals surface area (Å²) < 4.78 is 45.0. The normalized spacial score (nSPS) is 19.5. The fourth-order valence-electron chi connectivity index (χ4n) is 4.18. The summed E-state index contributed by atoms with van der Waals surface area (Å²) in [5, 5.41) is 15.0. The van der Waals surface area contributed by atoms with Crippen molar-refractivity contribution < 1.29 is 42.2 Å². The molecule has 0 bridgehead atoms. The molecule has 0 radical (unpaired) electrons. The highest BCUT2D eigenvalue weighted by Crippen LogP contribution is 2.21. The number of carboxylic acid groups (broad SMARTS) is 1. The first kappa shape index (κ1) is 29.0. The first-order chi connectivity index (χ1) is 16.7. The molecule has 200 valence electrons. The molecular weight excluding hydrogens is 485 g/mol. The van der Waals surface area contributed by atoms with Crippen LogP contribution in [0.1, 0.15) is 39.2 Å². The highest BCUT2D eigenvalue weighted by Gasteiger charge is 2.43. The Kier molecular flexibility index (Phi) is 9.44. The number of nitrogens with two attached hydrogens (primary N) is 1. The highest BCUT2D eigenvalue weighted by molar-refractivity contribution is 5.89. The van der Waals surface area contributed by atoms with Crippen LogP contribution < -0.4 is 16.4 Å². The molecular formula is C23H31F3N4O6. The first-order valence-electron chi connectivity index (χ1n) is 11.2. The van der Waals surface area contributed by atoms with Gasteiger partial charge in [-0.25, -0.2) is 18.0 Å². The third kappa shape index (κ3) is 7.17. The van der Waals surface area contributed by atoms with Crippen LogP contribution in [0.15, 0.2) is 12.1 Å². The minimum absolute atomic E-state index is 0.0625. The third-order valence-electron chi connectivity index (χ3n) is 5.90. The maximum atomic E-state index is 13.8. The molecule has 0 aliphatic carbocycles.